The summed E-state index contributed by atoms with van der Waals surface area (Å²) in [6, 6.07) is 8.64. The zero-order chi connectivity index (χ0) is 23.0. The van der Waals surface area contributed by atoms with Gasteiger partial charge in [0.25, 0.3) is 0 Å². The Bertz CT molecular complexity index is 484. The molecule has 2 nitrogen and oxygen atoms in total. The van der Waals surface area contributed by atoms with Gasteiger partial charge in [-0.25, -0.2) is 0 Å². The third-order valence-electron chi connectivity index (χ3n) is 6.48. The maximum atomic E-state index is 5.86. The minimum atomic E-state index is 0.848. The maximum absolute atomic E-state index is 5.86. The fraction of sp³-hybridized carbons (Fsp3) is 0.800. The molecule has 32 heavy (non-hydrogen) atoms. The number of hydrogen-bond acceptors (Lipinski definition) is 2. The lowest BCUT2D eigenvalue weighted by Crippen LogP contribution is -2.14. The van der Waals surface area contributed by atoms with Gasteiger partial charge in [0.1, 0.15) is 5.75 Å². The number of unbranched alkanes of at least 4 members (excludes halogenated alkanes) is 17. The van der Waals surface area contributed by atoms with Crippen LogP contribution in [0.3, 0.4) is 0 Å². The first-order chi connectivity index (χ1) is 15.9. The fourth-order valence-electron chi connectivity index (χ4n) is 4.28. The van der Waals surface area contributed by atoms with Gasteiger partial charge in [0.05, 0.1) is 6.61 Å². The van der Waals surface area contributed by atoms with Crippen LogP contribution in [0.15, 0.2) is 24.3 Å². The molecule has 0 atom stereocenters. The van der Waals surface area contributed by atoms with Crippen LogP contribution in [-0.4, -0.2) is 13.2 Å². The number of nitrogens with one attached hydrogen (secondary N) is 1. The lowest BCUT2D eigenvalue weighted by Gasteiger charge is -2.08. The van der Waals surface area contributed by atoms with Gasteiger partial charge in [0, 0.05) is 6.54 Å². The molecule has 0 saturated carbocycles. The Kier molecular flexibility index (Phi) is 21.0. The SMILES string of the molecule is CCCCCCCCCCCCCCCCNCc1ccc(OCCCCCCC)cc1. The first-order valence-corrected chi connectivity index (χ1v) is 14.3. The fourth-order valence-corrected chi connectivity index (χ4v) is 4.28. The highest BCUT2D eigenvalue weighted by atomic mass is 16.5. The Morgan fingerprint density at radius 3 is 1.47 bits per heavy atom. The predicted octanol–water partition coefficient (Wildman–Crippen LogP) is 9.61. The summed E-state index contributed by atoms with van der Waals surface area (Å²) >= 11 is 0. The molecule has 0 radical (unpaired) electrons. The van der Waals surface area contributed by atoms with Gasteiger partial charge >= 0.3 is 0 Å². The van der Waals surface area contributed by atoms with E-state index in [1.165, 1.54) is 128 Å². The van der Waals surface area contributed by atoms with Gasteiger partial charge in [-0.2, -0.15) is 0 Å². The summed E-state index contributed by atoms with van der Waals surface area (Å²) in [6.07, 6.45) is 26.4. The number of benzene rings is 1. The van der Waals surface area contributed by atoms with Crippen molar-refractivity contribution in [1.29, 1.82) is 0 Å². The molecule has 0 unspecified atom stereocenters. The monoisotopic (exact) mass is 445 g/mol. The molecular weight excluding hydrogens is 390 g/mol. The van der Waals surface area contributed by atoms with Gasteiger partial charge in [0.2, 0.25) is 0 Å². The number of hydrogen-bond donors (Lipinski definition) is 1. The first kappa shape index (κ1) is 29.0. The van der Waals surface area contributed by atoms with Gasteiger partial charge in [-0.05, 0) is 37.1 Å². The lowest BCUT2D eigenvalue weighted by molar-refractivity contribution is 0.304. The van der Waals surface area contributed by atoms with Crippen LogP contribution < -0.4 is 10.1 Å². The van der Waals surface area contributed by atoms with E-state index in [0.717, 1.165) is 25.4 Å². The summed E-state index contributed by atoms with van der Waals surface area (Å²) in [4.78, 5) is 0. The molecule has 0 aromatic heterocycles. The van der Waals surface area contributed by atoms with Crippen molar-refractivity contribution >= 4 is 0 Å². The Morgan fingerprint density at radius 2 is 0.969 bits per heavy atom. The third kappa shape index (κ3) is 18.5. The highest BCUT2D eigenvalue weighted by Crippen LogP contribution is 2.14. The largest absolute Gasteiger partial charge is 0.494 e. The molecule has 1 aromatic carbocycles. The summed E-state index contributed by atoms with van der Waals surface area (Å²) < 4.78 is 5.86. The molecule has 0 bridgehead atoms. The third-order valence-corrected chi connectivity index (χ3v) is 6.48. The lowest BCUT2D eigenvalue weighted by atomic mass is 10.0. The van der Waals surface area contributed by atoms with E-state index in [2.05, 4.69) is 43.4 Å². The van der Waals surface area contributed by atoms with E-state index in [1.54, 1.807) is 0 Å². The second-order valence-corrected chi connectivity index (χ2v) is 9.68. The summed E-state index contributed by atoms with van der Waals surface area (Å²) in [6.45, 7) is 7.50. The predicted molar refractivity (Wildman–Crippen MR) is 143 cm³/mol. The normalized spacial score (nSPS) is 11.2. The second-order valence-electron chi connectivity index (χ2n) is 9.68. The molecule has 1 aromatic rings. The molecule has 186 valence electrons. The van der Waals surface area contributed by atoms with Crippen molar-refractivity contribution in [3.63, 3.8) is 0 Å². The average Bonchev–Trinajstić information content (AvgIpc) is 2.82. The Hall–Kier alpha value is -1.02. The van der Waals surface area contributed by atoms with Crippen LogP contribution in [0.5, 0.6) is 5.75 Å². The van der Waals surface area contributed by atoms with E-state index in [4.69, 9.17) is 4.74 Å². The molecule has 0 aliphatic heterocycles. The van der Waals surface area contributed by atoms with Crippen molar-refractivity contribution in [2.75, 3.05) is 13.2 Å². The summed E-state index contributed by atoms with van der Waals surface area (Å²) in [5.41, 5.74) is 1.35. The van der Waals surface area contributed by atoms with Crippen LogP contribution in [0, 0.1) is 0 Å². The molecule has 0 fully saturated rings. The Balaban J connectivity index is 1.84. The van der Waals surface area contributed by atoms with Crippen LogP contribution in [0.2, 0.25) is 0 Å². The maximum Gasteiger partial charge on any atom is 0.119 e. The molecule has 1 N–H and O–H groups in total. The van der Waals surface area contributed by atoms with Crippen molar-refractivity contribution < 1.29 is 4.74 Å². The van der Waals surface area contributed by atoms with Crippen molar-refractivity contribution in [3.05, 3.63) is 29.8 Å². The summed E-state index contributed by atoms with van der Waals surface area (Å²) in [5.74, 6) is 1.01. The van der Waals surface area contributed by atoms with E-state index < -0.39 is 0 Å². The topological polar surface area (TPSA) is 21.3 Å². The van der Waals surface area contributed by atoms with E-state index in [9.17, 15) is 0 Å². The molecular formula is C30H55NO. The quantitative estimate of drug-likeness (QED) is 0.160. The highest BCUT2D eigenvalue weighted by molar-refractivity contribution is 5.27. The summed E-state index contributed by atoms with van der Waals surface area (Å²) in [5, 5.41) is 3.60. The minimum Gasteiger partial charge on any atom is -0.494 e. The molecule has 0 aliphatic rings. The van der Waals surface area contributed by atoms with E-state index in [1.807, 2.05) is 0 Å². The first-order valence-electron chi connectivity index (χ1n) is 14.3. The molecule has 0 amide bonds. The van der Waals surface area contributed by atoms with Crippen molar-refractivity contribution in [3.8, 4) is 5.75 Å². The van der Waals surface area contributed by atoms with Crippen LogP contribution in [0.25, 0.3) is 0 Å². The number of rotatable bonds is 24. The van der Waals surface area contributed by atoms with E-state index >= 15 is 0 Å². The smallest absolute Gasteiger partial charge is 0.119 e. The van der Waals surface area contributed by atoms with Crippen molar-refractivity contribution in [1.82, 2.24) is 5.32 Å². The van der Waals surface area contributed by atoms with Crippen molar-refractivity contribution in [2.24, 2.45) is 0 Å². The highest BCUT2D eigenvalue weighted by Gasteiger charge is 1.98. The summed E-state index contributed by atoms with van der Waals surface area (Å²) in [7, 11) is 0. The molecule has 1 rings (SSSR count). The standard InChI is InChI=1S/C30H55NO/c1-3-5-7-9-10-11-12-13-14-15-16-17-18-20-26-31-28-29-22-24-30(25-23-29)32-27-21-19-8-6-4-2/h22-25,31H,3-21,26-28H2,1-2H3. The molecule has 2 heteroatoms. The second kappa shape index (κ2) is 23.1. The van der Waals surface area contributed by atoms with Gasteiger partial charge in [-0.1, -0.05) is 135 Å². The Labute approximate surface area is 201 Å². The van der Waals surface area contributed by atoms with Crippen LogP contribution >= 0.6 is 0 Å². The molecule has 0 aliphatic carbocycles. The Morgan fingerprint density at radius 1 is 0.531 bits per heavy atom. The van der Waals surface area contributed by atoms with Crippen molar-refractivity contribution in [2.45, 2.75) is 142 Å². The minimum absolute atomic E-state index is 0.848. The van der Waals surface area contributed by atoms with E-state index in [-0.39, 0.29) is 0 Å². The van der Waals surface area contributed by atoms with Gasteiger partial charge < -0.3 is 10.1 Å². The van der Waals surface area contributed by atoms with Gasteiger partial charge in [-0.3, -0.25) is 0 Å². The average molecular weight is 446 g/mol. The van der Waals surface area contributed by atoms with Crippen LogP contribution in [0.4, 0.5) is 0 Å². The van der Waals surface area contributed by atoms with Gasteiger partial charge in [0.15, 0.2) is 0 Å². The zero-order valence-electron chi connectivity index (χ0n) is 21.8. The van der Waals surface area contributed by atoms with Crippen LogP contribution in [-0.2, 0) is 6.54 Å². The number of ether oxygens (including phenoxy) is 1. The zero-order valence-corrected chi connectivity index (χ0v) is 21.8. The van der Waals surface area contributed by atoms with Crippen LogP contribution in [0.1, 0.15) is 141 Å². The van der Waals surface area contributed by atoms with Gasteiger partial charge in [-0.15, -0.1) is 0 Å². The molecule has 0 spiro atoms. The molecule has 0 heterocycles. The molecule has 0 saturated heterocycles. The van der Waals surface area contributed by atoms with E-state index in [0.29, 0.717) is 0 Å².